The van der Waals surface area contributed by atoms with E-state index in [4.69, 9.17) is 4.74 Å². The number of rotatable bonds is 4. The van der Waals surface area contributed by atoms with E-state index in [0.717, 1.165) is 10.4 Å². The van der Waals surface area contributed by atoms with Gasteiger partial charge in [0.1, 0.15) is 18.0 Å². The Hall–Kier alpha value is -1.99. The minimum atomic E-state index is -0.379. The van der Waals surface area contributed by atoms with E-state index in [9.17, 15) is 14.4 Å². The minimum Gasteiger partial charge on any atom is -0.375 e. The van der Waals surface area contributed by atoms with Crippen LogP contribution in [0.4, 0.5) is 0 Å². The predicted octanol–water partition coefficient (Wildman–Crippen LogP) is 1.62. The molecule has 0 atom stereocenters. The van der Waals surface area contributed by atoms with Gasteiger partial charge in [-0.1, -0.05) is 0 Å². The van der Waals surface area contributed by atoms with Gasteiger partial charge in [0.05, 0.1) is 4.88 Å². The highest BCUT2D eigenvalue weighted by atomic mass is 32.1. The molecule has 6 nitrogen and oxygen atoms in total. The Morgan fingerprint density at radius 3 is 2.22 bits per heavy atom. The lowest BCUT2D eigenvalue weighted by molar-refractivity contribution is -0.131. The Bertz CT molecular complexity index is 731. The largest absolute Gasteiger partial charge is 0.375 e. The molecule has 0 radical (unpaired) electrons. The smallest absolute Gasteiger partial charge is 0.252 e. The van der Waals surface area contributed by atoms with Crippen molar-refractivity contribution in [3.05, 3.63) is 32.3 Å². The number of hydrogen-bond acceptors (Lipinski definition) is 6. The van der Waals surface area contributed by atoms with Gasteiger partial charge in [-0.05, 0) is 19.4 Å². The molecular weight excluding hydrogens is 316 g/mol. The van der Waals surface area contributed by atoms with E-state index < -0.39 is 0 Å². The van der Waals surface area contributed by atoms with Gasteiger partial charge in [-0.2, -0.15) is 0 Å². The fourth-order valence-electron chi connectivity index (χ4n) is 2.57. The molecule has 1 aliphatic rings. The molecule has 1 aromatic rings. The van der Waals surface area contributed by atoms with E-state index in [1.807, 2.05) is 13.8 Å². The quantitative estimate of drug-likeness (QED) is 0.836. The van der Waals surface area contributed by atoms with Crippen LogP contribution in [-0.2, 0) is 9.53 Å². The highest BCUT2D eigenvalue weighted by Crippen LogP contribution is 2.37. The summed E-state index contributed by atoms with van der Waals surface area (Å²) in [7, 11) is 6.27. The highest BCUT2D eigenvalue weighted by molar-refractivity contribution is 7.15. The van der Waals surface area contributed by atoms with E-state index in [-0.39, 0.29) is 35.5 Å². The summed E-state index contributed by atoms with van der Waals surface area (Å²) in [6.07, 6.45) is 0. The van der Waals surface area contributed by atoms with E-state index in [1.54, 1.807) is 19.0 Å². The van der Waals surface area contributed by atoms with Crippen LogP contribution in [0.15, 0.2) is 11.4 Å². The number of methoxy groups -OCH3 is 1. The Labute approximate surface area is 139 Å². The first-order chi connectivity index (χ1) is 10.7. The normalized spacial score (nSPS) is 14.2. The Kier molecular flexibility index (Phi) is 4.72. The fourth-order valence-corrected chi connectivity index (χ4v) is 3.67. The maximum atomic E-state index is 13.0. The second kappa shape index (κ2) is 6.25. The van der Waals surface area contributed by atoms with E-state index in [1.165, 1.54) is 30.4 Å². The third-order valence-corrected chi connectivity index (χ3v) is 5.10. The molecule has 1 amide bonds. The van der Waals surface area contributed by atoms with Crippen LogP contribution >= 0.6 is 11.3 Å². The highest BCUT2D eigenvalue weighted by Gasteiger charge is 2.39. The van der Waals surface area contributed by atoms with Gasteiger partial charge in [0.2, 0.25) is 11.6 Å². The van der Waals surface area contributed by atoms with Crippen molar-refractivity contribution >= 4 is 28.8 Å². The third-order valence-electron chi connectivity index (χ3n) is 3.90. The summed E-state index contributed by atoms with van der Waals surface area (Å²) in [5.41, 5.74) is 1.55. The number of nitrogens with zero attached hydrogens (tertiary/aromatic N) is 2. The van der Waals surface area contributed by atoms with Crippen molar-refractivity contribution < 1.29 is 19.1 Å². The number of fused-ring (bicyclic) bond motifs is 1. The van der Waals surface area contributed by atoms with Gasteiger partial charge in [0.25, 0.3) is 5.91 Å². The molecule has 0 fully saturated rings. The molecule has 0 aromatic carbocycles. The number of ketones is 2. The number of hydrogen-bond donors (Lipinski definition) is 0. The summed E-state index contributed by atoms with van der Waals surface area (Å²) in [6, 6.07) is 0. The SMILES string of the molecule is COCC(=O)N(C)C1=C(N(C)C)C(=O)c2sc(C)c(C)c2C1=O. The Morgan fingerprint density at radius 2 is 1.70 bits per heavy atom. The van der Waals surface area contributed by atoms with Crippen molar-refractivity contribution in [3.63, 3.8) is 0 Å². The molecule has 0 unspecified atom stereocenters. The molecule has 23 heavy (non-hydrogen) atoms. The maximum absolute atomic E-state index is 13.0. The maximum Gasteiger partial charge on any atom is 0.252 e. The molecule has 124 valence electrons. The molecule has 2 rings (SSSR count). The number of carbonyl (C=O) groups excluding carboxylic acids is 3. The fraction of sp³-hybridized carbons (Fsp3) is 0.438. The van der Waals surface area contributed by atoms with E-state index in [2.05, 4.69) is 0 Å². The van der Waals surface area contributed by atoms with Gasteiger partial charge >= 0.3 is 0 Å². The molecule has 0 saturated carbocycles. The summed E-state index contributed by atoms with van der Waals surface area (Å²) in [5.74, 6) is -0.897. The number of allylic oxidation sites excluding steroid dienone is 2. The van der Waals surface area contributed by atoms with Crippen molar-refractivity contribution in [1.82, 2.24) is 9.80 Å². The standard InChI is InChI=1S/C16H20N2O4S/c1-8-9(2)23-16-11(8)14(20)13(12(15(16)21)17(3)4)18(5)10(19)7-22-6/h7H2,1-6H3. The zero-order valence-electron chi connectivity index (χ0n) is 14.1. The molecule has 0 saturated heterocycles. The summed E-state index contributed by atoms with van der Waals surface area (Å²) in [6.45, 7) is 3.55. The van der Waals surface area contributed by atoms with Gasteiger partial charge in [0.15, 0.2) is 0 Å². The molecule has 1 heterocycles. The lowest BCUT2D eigenvalue weighted by atomic mass is 9.92. The van der Waals surface area contributed by atoms with Crippen LogP contribution in [0.2, 0.25) is 0 Å². The number of thiophene rings is 1. The summed E-state index contributed by atoms with van der Waals surface area (Å²) in [5, 5.41) is 0. The number of aryl methyl sites for hydroxylation is 1. The zero-order valence-corrected chi connectivity index (χ0v) is 15.0. The summed E-state index contributed by atoms with van der Waals surface area (Å²) >= 11 is 1.32. The second-order valence-electron chi connectivity index (χ2n) is 5.62. The number of likely N-dealkylation sites (N-methyl/N-ethyl adjacent to an activating group) is 2. The first-order valence-electron chi connectivity index (χ1n) is 7.08. The lowest BCUT2D eigenvalue weighted by Gasteiger charge is -2.29. The molecule has 1 aliphatic carbocycles. The van der Waals surface area contributed by atoms with Crippen LogP contribution in [0.1, 0.15) is 30.5 Å². The molecule has 0 aliphatic heterocycles. The average molecular weight is 336 g/mol. The molecule has 0 spiro atoms. The van der Waals surface area contributed by atoms with Crippen molar-refractivity contribution in [2.45, 2.75) is 13.8 Å². The first-order valence-corrected chi connectivity index (χ1v) is 7.90. The van der Waals surface area contributed by atoms with Crippen LogP contribution < -0.4 is 0 Å². The van der Waals surface area contributed by atoms with Gasteiger partial charge in [-0.3, -0.25) is 14.4 Å². The van der Waals surface area contributed by atoms with Crippen LogP contribution in [0.3, 0.4) is 0 Å². The topological polar surface area (TPSA) is 66.9 Å². The predicted molar refractivity (Wildman–Crippen MR) is 87.8 cm³/mol. The summed E-state index contributed by atoms with van der Waals surface area (Å²) in [4.78, 5) is 42.2. The molecule has 0 N–H and O–H groups in total. The van der Waals surface area contributed by atoms with Gasteiger partial charge in [-0.25, -0.2) is 0 Å². The van der Waals surface area contributed by atoms with Crippen LogP contribution in [0, 0.1) is 13.8 Å². The Morgan fingerprint density at radius 1 is 1.09 bits per heavy atom. The molecule has 0 bridgehead atoms. The number of amides is 1. The van der Waals surface area contributed by atoms with Crippen LogP contribution in [-0.4, -0.2) is 62.1 Å². The molecule has 7 heteroatoms. The molecular formula is C16H20N2O4S. The number of Topliss-reactive ketones (excluding diaryl/α,β-unsaturated/α-hetero) is 2. The van der Waals surface area contributed by atoms with Crippen molar-refractivity contribution in [1.29, 1.82) is 0 Å². The molecule has 1 aromatic heterocycles. The minimum absolute atomic E-state index is 0.107. The van der Waals surface area contributed by atoms with Gasteiger partial charge in [-0.15, -0.1) is 11.3 Å². The van der Waals surface area contributed by atoms with E-state index >= 15 is 0 Å². The lowest BCUT2D eigenvalue weighted by Crippen LogP contribution is -2.40. The monoisotopic (exact) mass is 336 g/mol. The first kappa shape index (κ1) is 17.4. The Balaban J connectivity index is 2.66. The average Bonchev–Trinajstić information content (AvgIpc) is 2.78. The summed E-state index contributed by atoms with van der Waals surface area (Å²) < 4.78 is 4.85. The van der Waals surface area contributed by atoms with Gasteiger partial charge < -0.3 is 14.5 Å². The number of carbonyl (C=O) groups is 3. The van der Waals surface area contributed by atoms with Crippen LogP contribution in [0.5, 0.6) is 0 Å². The van der Waals surface area contributed by atoms with Crippen LogP contribution in [0.25, 0.3) is 0 Å². The van der Waals surface area contributed by atoms with E-state index in [0.29, 0.717) is 10.4 Å². The van der Waals surface area contributed by atoms with Crippen molar-refractivity contribution in [3.8, 4) is 0 Å². The van der Waals surface area contributed by atoms with Crippen molar-refractivity contribution in [2.24, 2.45) is 0 Å². The number of ether oxygens (including phenoxy) is 1. The third kappa shape index (κ3) is 2.70. The second-order valence-corrected chi connectivity index (χ2v) is 6.85. The van der Waals surface area contributed by atoms with Gasteiger partial charge in [0, 0.05) is 38.7 Å². The zero-order chi connectivity index (χ0) is 17.5. The van der Waals surface area contributed by atoms with Crippen molar-refractivity contribution in [2.75, 3.05) is 34.9 Å².